The topological polar surface area (TPSA) is 70.3 Å². The van der Waals surface area contributed by atoms with Crippen molar-refractivity contribution in [2.24, 2.45) is 0 Å². The van der Waals surface area contributed by atoms with E-state index in [1.54, 1.807) is 0 Å². The summed E-state index contributed by atoms with van der Waals surface area (Å²) < 4.78 is 18.7. The first-order chi connectivity index (χ1) is 9.99. The lowest BCUT2D eigenvalue weighted by atomic mass is 10.1. The second kappa shape index (κ2) is 6.25. The fourth-order valence-corrected chi connectivity index (χ4v) is 1.95. The molecule has 0 saturated carbocycles. The van der Waals surface area contributed by atoms with Crippen LogP contribution in [-0.4, -0.2) is 11.1 Å². The number of ether oxygens (including phenoxy) is 1. The summed E-state index contributed by atoms with van der Waals surface area (Å²) >= 11 is 5.91. The van der Waals surface area contributed by atoms with Crippen molar-refractivity contribution in [1.29, 1.82) is 5.26 Å². The largest absolute Gasteiger partial charge is 0.487 e. The maximum absolute atomic E-state index is 13.3. The first-order valence-corrected chi connectivity index (χ1v) is 6.22. The van der Waals surface area contributed by atoms with Crippen LogP contribution in [0.5, 0.6) is 5.75 Å². The fourth-order valence-electron chi connectivity index (χ4n) is 1.71. The standard InChI is InChI=1S/C15H9ClFNO3/c16-13-6-11(15(19)20)1-2-14(13)21-8-10-3-9(7-18)4-12(17)5-10/h1-6H,8H2,(H,19,20). The molecule has 4 nitrogen and oxygen atoms in total. The lowest BCUT2D eigenvalue weighted by molar-refractivity contribution is 0.0697. The minimum atomic E-state index is -1.09. The van der Waals surface area contributed by atoms with Gasteiger partial charge in [-0.25, -0.2) is 9.18 Å². The molecule has 0 aromatic heterocycles. The molecule has 106 valence electrons. The van der Waals surface area contributed by atoms with Gasteiger partial charge in [0.25, 0.3) is 0 Å². The zero-order valence-corrected chi connectivity index (χ0v) is 11.4. The van der Waals surface area contributed by atoms with E-state index in [-0.39, 0.29) is 28.5 Å². The summed E-state index contributed by atoms with van der Waals surface area (Å²) in [6.45, 7) is 0.0125. The molecule has 21 heavy (non-hydrogen) atoms. The molecule has 0 radical (unpaired) electrons. The maximum atomic E-state index is 13.3. The molecule has 0 heterocycles. The molecular formula is C15H9ClFNO3. The number of aromatic carboxylic acids is 1. The van der Waals surface area contributed by atoms with E-state index in [0.717, 1.165) is 6.07 Å². The average molecular weight is 306 g/mol. The average Bonchev–Trinajstić information content (AvgIpc) is 2.45. The van der Waals surface area contributed by atoms with Crippen molar-refractivity contribution >= 4 is 17.6 Å². The lowest BCUT2D eigenvalue weighted by Crippen LogP contribution is -2.00. The number of benzene rings is 2. The molecule has 2 aromatic rings. The van der Waals surface area contributed by atoms with Crippen LogP contribution in [0.2, 0.25) is 5.02 Å². The smallest absolute Gasteiger partial charge is 0.335 e. The van der Waals surface area contributed by atoms with Gasteiger partial charge in [0.15, 0.2) is 0 Å². The summed E-state index contributed by atoms with van der Waals surface area (Å²) in [6.07, 6.45) is 0. The Bertz CT molecular complexity index is 740. The predicted octanol–water partition coefficient (Wildman–Crippen LogP) is 3.63. The Labute approximate surface area is 125 Å². The molecule has 0 atom stereocenters. The second-order valence-corrected chi connectivity index (χ2v) is 4.61. The molecule has 0 aliphatic carbocycles. The molecule has 0 aliphatic heterocycles. The van der Waals surface area contributed by atoms with Gasteiger partial charge in [0, 0.05) is 0 Å². The van der Waals surface area contributed by atoms with Crippen LogP contribution < -0.4 is 4.74 Å². The van der Waals surface area contributed by atoms with Crippen molar-refractivity contribution < 1.29 is 19.0 Å². The first kappa shape index (κ1) is 14.8. The Morgan fingerprint density at radius 3 is 2.71 bits per heavy atom. The van der Waals surface area contributed by atoms with Gasteiger partial charge in [0.1, 0.15) is 18.2 Å². The van der Waals surface area contributed by atoms with Gasteiger partial charge in [-0.2, -0.15) is 5.26 Å². The number of carboxylic acids is 1. The normalized spacial score (nSPS) is 9.95. The number of nitrogens with zero attached hydrogens (tertiary/aromatic N) is 1. The zero-order chi connectivity index (χ0) is 15.4. The highest BCUT2D eigenvalue weighted by Crippen LogP contribution is 2.26. The molecule has 6 heteroatoms. The van der Waals surface area contributed by atoms with Gasteiger partial charge < -0.3 is 9.84 Å². The summed E-state index contributed by atoms with van der Waals surface area (Å²) in [6, 6.07) is 9.78. The number of carboxylic acid groups (broad SMARTS) is 1. The molecule has 0 amide bonds. The highest BCUT2D eigenvalue weighted by molar-refractivity contribution is 6.32. The highest BCUT2D eigenvalue weighted by atomic mass is 35.5. The maximum Gasteiger partial charge on any atom is 0.335 e. The van der Waals surface area contributed by atoms with Crippen LogP contribution in [0.1, 0.15) is 21.5 Å². The number of hydrogen-bond acceptors (Lipinski definition) is 3. The van der Waals surface area contributed by atoms with Crippen LogP contribution in [0.4, 0.5) is 4.39 Å². The number of hydrogen-bond donors (Lipinski definition) is 1. The lowest BCUT2D eigenvalue weighted by Gasteiger charge is -2.09. The summed E-state index contributed by atoms with van der Waals surface area (Å²) in [4.78, 5) is 10.8. The Balaban J connectivity index is 2.15. The molecule has 0 fully saturated rings. The van der Waals surface area contributed by atoms with Crippen LogP contribution in [0.25, 0.3) is 0 Å². The molecule has 2 rings (SSSR count). The Morgan fingerprint density at radius 2 is 2.10 bits per heavy atom. The van der Waals surface area contributed by atoms with Crippen LogP contribution >= 0.6 is 11.6 Å². The van der Waals surface area contributed by atoms with Crippen LogP contribution in [0.15, 0.2) is 36.4 Å². The van der Waals surface area contributed by atoms with Gasteiger partial charge in [-0.15, -0.1) is 0 Å². The van der Waals surface area contributed by atoms with Crippen molar-refractivity contribution in [3.05, 3.63) is 63.9 Å². The number of carbonyl (C=O) groups is 1. The van der Waals surface area contributed by atoms with E-state index in [4.69, 9.17) is 26.7 Å². The van der Waals surface area contributed by atoms with Crippen LogP contribution in [0, 0.1) is 17.1 Å². The molecular weight excluding hydrogens is 297 g/mol. The number of rotatable bonds is 4. The van der Waals surface area contributed by atoms with Gasteiger partial charge in [-0.05, 0) is 42.0 Å². The number of nitriles is 1. The van der Waals surface area contributed by atoms with Gasteiger partial charge in [0.05, 0.1) is 22.2 Å². The van der Waals surface area contributed by atoms with Crippen molar-refractivity contribution in [2.75, 3.05) is 0 Å². The Morgan fingerprint density at radius 1 is 1.33 bits per heavy atom. The fraction of sp³-hybridized carbons (Fsp3) is 0.0667. The van der Waals surface area contributed by atoms with E-state index >= 15 is 0 Å². The van der Waals surface area contributed by atoms with Gasteiger partial charge in [-0.1, -0.05) is 11.6 Å². The summed E-state index contributed by atoms with van der Waals surface area (Å²) in [5.74, 6) is -1.34. The van der Waals surface area contributed by atoms with E-state index in [9.17, 15) is 9.18 Å². The van der Waals surface area contributed by atoms with Crippen molar-refractivity contribution in [3.8, 4) is 11.8 Å². The van der Waals surface area contributed by atoms with Crippen LogP contribution in [0.3, 0.4) is 0 Å². The Hall–Kier alpha value is -2.58. The minimum absolute atomic E-state index is 0.0125. The third-order valence-corrected chi connectivity index (χ3v) is 2.96. The summed E-state index contributed by atoms with van der Waals surface area (Å²) in [5.41, 5.74) is 0.718. The second-order valence-electron chi connectivity index (χ2n) is 4.20. The quantitative estimate of drug-likeness (QED) is 0.936. The summed E-state index contributed by atoms with van der Waals surface area (Å²) in [5, 5.41) is 17.7. The molecule has 0 saturated heterocycles. The van der Waals surface area contributed by atoms with Crippen molar-refractivity contribution in [1.82, 2.24) is 0 Å². The van der Waals surface area contributed by atoms with Gasteiger partial charge >= 0.3 is 5.97 Å². The molecule has 0 bridgehead atoms. The molecule has 1 N–H and O–H groups in total. The van der Waals surface area contributed by atoms with Crippen molar-refractivity contribution in [2.45, 2.75) is 6.61 Å². The Kier molecular flexibility index (Phi) is 4.41. The predicted molar refractivity (Wildman–Crippen MR) is 73.9 cm³/mol. The third kappa shape index (κ3) is 3.71. The monoisotopic (exact) mass is 305 g/mol. The molecule has 0 aliphatic rings. The molecule has 0 unspecified atom stereocenters. The van der Waals surface area contributed by atoms with E-state index in [1.807, 2.05) is 6.07 Å². The van der Waals surface area contributed by atoms with E-state index < -0.39 is 11.8 Å². The zero-order valence-electron chi connectivity index (χ0n) is 10.6. The summed E-state index contributed by atoms with van der Waals surface area (Å²) in [7, 11) is 0. The first-order valence-electron chi connectivity index (χ1n) is 5.85. The third-order valence-electron chi connectivity index (χ3n) is 2.66. The van der Waals surface area contributed by atoms with Gasteiger partial charge in [0.2, 0.25) is 0 Å². The van der Waals surface area contributed by atoms with Crippen LogP contribution in [-0.2, 0) is 6.61 Å². The number of halogens is 2. The van der Waals surface area contributed by atoms with E-state index in [1.165, 1.54) is 30.3 Å². The van der Waals surface area contributed by atoms with Crippen molar-refractivity contribution in [3.63, 3.8) is 0 Å². The van der Waals surface area contributed by atoms with E-state index in [2.05, 4.69) is 0 Å². The molecule has 0 spiro atoms. The SMILES string of the molecule is N#Cc1cc(F)cc(COc2ccc(C(=O)O)cc2Cl)c1. The molecule has 2 aromatic carbocycles. The highest BCUT2D eigenvalue weighted by Gasteiger charge is 2.08. The van der Waals surface area contributed by atoms with E-state index in [0.29, 0.717) is 5.56 Å². The minimum Gasteiger partial charge on any atom is -0.487 e. The van der Waals surface area contributed by atoms with Gasteiger partial charge in [-0.3, -0.25) is 0 Å².